The van der Waals surface area contributed by atoms with Crippen LogP contribution in [0.3, 0.4) is 0 Å². The lowest BCUT2D eigenvalue weighted by Gasteiger charge is -2.38. The van der Waals surface area contributed by atoms with Crippen molar-refractivity contribution in [3.63, 3.8) is 0 Å². The first kappa shape index (κ1) is 23.9. The summed E-state index contributed by atoms with van der Waals surface area (Å²) in [5.41, 5.74) is 3.92. The van der Waals surface area contributed by atoms with Crippen LogP contribution in [0.15, 0.2) is 82.8 Å². The number of carbonyl (C=O) groups is 2. The molecule has 5 rings (SSSR count). The van der Waals surface area contributed by atoms with Crippen molar-refractivity contribution < 1.29 is 18.7 Å². The summed E-state index contributed by atoms with van der Waals surface area (Å²) < 4.78 is 10.7. The highest BCUT2D eigenvalue weighted by atomic mass is 32.1. The summed E-state index contributed by atoms with van der Waals surface area (Å²) in [6.07, 6.45) is 2.38. The molecule has 0 unspecified atom stereocenters. The summed E-state index contributed by atoms with van der Waals surface area (Å²) in [4.78, 5) is 32.2. The van der Waals surface area contributed by atoms with Gasteiger partial charge in [-0.2, -0.15) is 0 Å². The van der Waals surface area contributed by atoms with Gasteiger partial charge in [0.25, 0.3) is 5.91 Å². The molecule has 4 aromatic rings. The lowest BCUT2D eigenvalue weighted by molar-refractivity contribution is -0.134. The Balaban J connectivity index is 1.45. The molecule has 0 bridgehead atoms. The fraction of sp³-hybridized carbons (Fsp3) is 0.241. The van der Waals surface area contributed by atoms with E-state index in [1.165, 1.54) is 10.4 Å². The van der Waals surface area contributed by atoms with E-state index in [0.717, 1.165) is 17.5 Å². The third kappa shape index (κ3) is 4.79. The number of fused-ring (bicyclic) bond motifs is 1. The highest BCUT2D eigenvalue weighted by Gasteiger charge is 2.35. The van der Waals surface area contributed by atoms with Crippen LogP contribution in [0.2, 0.25) is 0 Å². The van der Waals surface area contributed by atoms with Crippen molar-refractivity contribution >= 4 is 23.2 Å². The highest BCUT2D eigenvalue weighted by molar-refractivity contribution is 7.10. The number of ether oxygens (including phenoxy) is 1. The molecule has 0 radical (unpaired) electrons. The van der Waals surface area contributed by atoms with Crippen molar-refractivity contribution in [3.05, 3.63) is 111 Å². The Hall–Kier alpha value is -3.84. The van der Waals surface area contributed by atoms with E-state index in [9.17, 15) is 9.59 Å². The second kappa shape index (κ2) is 10.4. The first-order valence-corrected chi connectivity index (χ1v) is 12.8. The summed E-state index contributed by atoms with van der Waals surface area (Å²) in [7, 11) is 1.58. The Morgan fingerprint density at radius 1 is 1.06 bits per heavy atom. The molecule has 1 atom stereocenters. The number of rotatable bonds is 7. The highest BCUT2D eigenvalue weighted by Crippen LogP contribution is 2.39. The molecule has 0 aliphatic carbocycles. The third-order valence-corrected chi connectivity index (χ3v) is 7.64. The Morgan fingerprint density at radius 3 is 2.58 bits per heavy atom. The monoisotopic (exact) mass is 500 g/mol. The molecular formula is C29H28N2O4S. The fourth-order valence-corrected chi connectivity index (χ4v) is 5.68. The maximum absolute atomic E-state index is 13.9. The van der Waals surface area contributed by atoms with E-state index in [1.54, 1.807) is 59.9 Å². The maximum atomic E-state index is 13.9. The Kier molecular flexibility index (Phi) is 6.91. The van der Waals surface area contributed by atoms with Gasteiger partial charge in [0, 0.05) is 17.0 Å². The van der Waals surface area contributed by atoms with Crippen LogP contribution in [-0.2, 0) is 17.8 Å². The van der Waals surface area contributed by atoms with Crippen LogP contribution < -0.4 is 4.74 Å². The van der Waals surface area contributed by atoms with Gasteiger partial charge < -0.3 is 19.0 Å². The summed E-state index contributed by atoms with van der Waals surface area (Å²) in [5, 5.41) is 2.10. The van der Waals surface area contributed by atoms with Gasteiger partial charge in [-0.05, 0) is 77.9 Å². The van der Waals surface area contributed by atoms with Crippen LogP contribution in [-0.4, -0.2) is 41.8 Å². The normalized spacial score (nSPS) is 14.8. The number of methoxy groups -OCH3 is 1. The summed E-state index contributed by atoms with van der Waals surface area (Å²) in [6.45, 7) is 2.84. The molecule has 0 N–H and O–H groups in total. The predicted molar refractivity (Wildman–Crippen MR) is 139 cm³/mol. The lowest BCUT2D eigenvalue weighted by Crippen LogP contribution is -2.46. The number of hydrogen-bond donors (Lipinski definition) is 0. The van der Waals surface area contributed by atoms with Crippen LogP contribution in [0.5, 0.6) is 5.75 Å². The van der Waals surface area contributed by atoms with E-state index >= 15 is 0 Å². The zero-order chi connectivity index (χ0) is 25.1. The number of amides is 2. The number of hydrogen-bond acceptors (Lipinski definition) is 5. The van der Waals surface area contributed by atoms with Gasteiger partial charge in [-0.15, -0.1) is 11.3 Å². The van der Waals surface area contributed by atoms with Gasteiger partial charge in [0.2, 0.25) is 5.91 Å². The average Bonchev–Trinajstić information content (AvgIpc) is 3.60. The molecule has 6 nitrogen and oxygen atoms in total. The number of aryl methyl sites for hydroxylation is 1. The topological polar surface area (TPSA) is 63.0 Å². The minimum Gasteiger partial charge on any atom is -0.497 e. The molecule has 36 heavy (non-hydrogen) atoms. The number of thiophene rings is 1. The van der Waals surface area contributed by atoms with Gasteiger partial charge in [-0.1, -0.05) is 24.3 Å². The van der Waals surface area contributed by atoms with Crippen molar-refractivity contribution in [2.24, 2.45) is 0 Å². The molecule has 2 aromatic carbocycles. The number of furan rings is 1. The zero-order valence-corrected chi connectivity index (χ0v) is 21.2. The Morgan fingerprint density at radius 2 is 1.86 bits per heavy atom. The van der Waals surface area contributed by atoms with Crippen LogP contribution >= 0.6 is 11.3 Å². The zero-order valence-electron chi connectivity index (χ0n) is 20.3. The van der Waals surface area contributed by atoms with E-state index in [0.29, 0.717) is 23.6 Å². The summed E-state index contributed by atoms with van der Waals surface area (Å²) in [5.74, 6) is 0.969. The van der Waals surface area contributed by atoms with Crippen molar-refractivity contribution in [3.8, 4) is 5.75 Å². The number of nitrogens with zero attached hydrogens (tertiary/aromatic N) is 2. The largest absolute Gasteiger partial charge is 0.497 e. The second-order valence-electron chi connectivity index (χ2n) is 8.86. The SMILES string of the molecule is COc1ccc(C(=O)N(CC(=O)N2CCc3sccc3[C@@H]2c2ccccc2C)Cc2ccco2)cc1. The quantitative estimate of drug-likeness (QED) is 0.337. The van der Waals surface area contributed by atoms with Crippen LogP contribution in [0, 0.1) is 6.92 Å². The van der Waals surface area contributed by atoms with Crippen molar-refractivity contribution in [1.82, 2.24) is 9.80 Å². The molecule has 0 fully saturated rings. The summed E-state index contributed by atoms with van der Waals surface area (Å²) in [6, 6.07) is 20.7. The molecule has 0 spiro atoms. The van der Waals surface area contributed by atoms with Crippen LogP contribution in [0.4, 0.5) is 0 Å². The first-order chi connectivity index (χ1) is 17.5. The van der Waals surface area contributed by atoms with Crippen molar-refractivity contribution in [1.29, 1.82) is 0 Å². The van der Waals surface area contributed by atoms with E-state index in [4.69, 9.17) is 9.15 Å². The molecule has 2 amide bonds. The van der Waals surface area contributed by atoms with Gasteiger partial charge in [0.05, 0.1) is 26.0 Å². The Bertz CT molecular complexity index is 1340. The van der Waals surface area contributed by atoms with Crippen molar-refractivity contribution in [2.75, 3.05) is 20.2 Å². The minimum atomic E-state index is -0.233. The maximum Gasteiger partial charge on any atom is 0.254 e. The van der Waals surface area contributed by atoms with Gasteiger partial charge in [-0.3, -0.25) is 9.59 Å². The molecule has 0 saturated carbocycles. The molecule has 0 saturated heterocycles. The van der Waals surface area contributed by atoms with Gasteiger partial charge in [0.1, 0.15) is 18.1 Å². The van der Waals surface area contributed by atoms with Gasteiger partial charge >= 0.3 is 0 Å². The first-order valence-electron chi connectivity index (χ1n) is 11.9. The molecule has 3 heterocycles. The van der Waals surface area contributed by atoms with E-state index in [1.807, 2.05) is 23.1 Å². The van der Waals surface area contributed by atoms with Gasteiger partial charge in [-0.25, -0.2) is 0 Å². The Labute approximate surface area is 214 Å². The molecule has 2 aromatic heterocycles. The smallest absolute Gasteiger partial charge is 0.254 e. The third-order valence-electron chi connectivity index (χ3n) is 6.65. The fourth-order valence-electron chi connectivity index (χ4n) is 4.77. The molecule has 184 valence electrons. The second-order valence-corrected chi connectivity index (χ2v) is 9.87. The summed E-state index contributed by atoms with van der Waals surface area (Å²) >= 11 is 1.74. The molecule has 1 aliphatic rings. The molecular weight excluding hydrogens is 472 g/mol. The van der Waals surface area contributed by atoms with E-state index in [2.05, 4.69) is 30.5 Å². The standard InChI is InChI=1S/C29H28N2O4S/c1-20-6-3-4-8-24(20)28-25-14-17-36-26(25)13-15-31(28)27(32)19-30(18-23-7-5-16-35-23)29(33)21-9-11-22(34-2)12-10-21/h3-12,14,16-17,28H,13,15,18-19H2,1-2H3/t28-/m0/s1. The number of carbonyl (C=O) groups excluding carboxylic acids is 2. The molecule has 1 aliphatic heterocycles. The minimum absolute atomic E-state index is 0.0482. The lowest BCUT2D eigenvalue weighted by atomic mass is 9.90. The van der Waals surface area contributed by atoms with Crippen molar-refractivity contribution in [2.45, 2.75) is 25.9 Å². The molecule has 7 heteroatoms. The predicted octanol–water partition coefficient (Wildman–Crippen LogP) is 5.47. The average molecular weight is 501 g/mol. The van der Waals surface area contributed by atoms with Crippen LogP contribution in [0.1, 0.15) is 43.7 Å². The van der Waals surface area contributed by atoms with Crippen LogP contribution in [0.25, 0.3) is 0 Å². The number of benzene rings is 2. The van der Waals surface area contributed by atoms with E-state index < -0.39 is 0 Å². The van der Waals surface area contributed by atoms with E-state index in [-0.39, 0.29) is 30.9 Å². The van der Waals surface area contributed by atoms with Gasteiger partial charge in [0.15, 0.2) is 0 Å².